The molecule has 2 unspecified atom stereocenters. The van der Waals surface area contributed by atoms with Gasteiger partial charge >= 0.3 is 0 Å². The molecule has 0 bridgehead atoms. The van der Waals surface area contributed by atoms with Crippen molar-refractivity contribution in [3.05, 3.63) is 23.8 Å². The summed E-state index contributed by atoms with van der Waals surface area (Å²) in [6.07, 6.45) is 3.59. The Labute approximate surface area is 154 Å². The number of benzene rings is 1. The number of methoxy groups -OCH3 is 1. The normalized spacial score (nSPS) is 22.1. The van der Waals surface area contributed by atoms with Crippen molar-refractivity contribution in [1.82, 2.24) is 9.62 Å². The van der Waals surface area contributed by atoms with Crippen molar-refractivity contribution in [1.29, 1.82) is 0 Å². The third kappa shape index (κ3) is 4.19. The zero-order chi connectivity index (χ0) is 18.9. The highest BCUT2D eigenvalue weighted by Gasteiger charge is 2.31. The molecule has 1 saturated carbocycles. The first kappa shape index (κ1) is 19.1. The number of sulfonamides is 1. The lowest BCUT2D eigenvalue weighted by Gasteiger charge is -2.34. The molecular weight excluding hydrogens is 354 g/mol. The molecule has 3 N–H and O–H groups in total. The maximum Gasteiger partial charge on any atom is 0.253 e. The number of likely N-dealkylation sites (tertiary alicyclic amines) is 1. The number of nitrogens with one attached hydrogen (secondary N) is 1. The molecule has 1 aliphatic heterocycles. The number of ether oxygens (including phenoxy) is 1. The van der Waals surface area contributed by atoms with Crippen LogP contribution in [0, 0.1) is 5.92 Å². The predicted octanol–water partition coefficient (Wildman–Crippen LogP) is 1.34. The van der Waals surface area contributed by atoms with Crippen LogP contribution in [0.4, 0.5) is 0 Å². The molecule has 0 spiro atoms. The van der Waals surface area contributed by atoms with E-state index in [0.29, 0.717) is 18.7 Å². The van der Waals surface area contributed by atoms with Crippen molar-refractivity contribution in [2.75, 3.05) is 20.2 Å². The van der Waals surface area contributed by atoms with Crippen LogP contribution in [-0.2, 0) is 10.0 Å². The maximum absolute atomic E-state index is 12.9. The molecule has 0 radical (unpaired) electrons. The van der Waals surface area contributed by atoms with Crippen LogP contribution < -0.4 is 15.2 Å². The summed E-state index contributed by atoms with van der Waals surface area (Å²) in [5, 5.41) is 0. The largest absolute Gasteiger partial charge is 0.495 e. The lowest BCUT2D eigenvalue weighted by molar-refractivity contribution is 0.0660. The van der Waals surface area contributed by atoms with Crippen LogP contribution >= 0.6 is 0 Å². The van der Waals surface area contributed by atoms with Gasteiger partial charge in [-0.3, -0.25) is 4.79 Å². The summed E-state index contributed by atoms with van der Waals surface area (Å²) < 4.78 is 33.1. The summed E-state index contributed by atoms with van der Waals surface area (Å²) in [5.74, 6) is 0.341. The summed E-state index contributed by atoms with van der Waals surface area (Å²) in [6, 6.07) is 4.59. The third-order valence-corrected chi connectivity index (χ3v) is 6.63. The second-order valence-corrected chi connectivity index (χ2v) is 8.96. The zero-order valence-corrected chi connectivity index (χ0v) is 16.1. The molecule has 1 amide bonds. The van der Waals surface area contributed by atoms with Crippen LogP contribution in [0.2, 0.25) is 0 Å². The first-order chi connectivity index (χ1) is 12.3. The minimum Gasteiger partial charge on any atom is -0.495 e. The van der Waals surface area contributed by atoms with Gasteiger partial charge in [0.25, 0.3) is 5.91 Å². The molecule has 1 aromatic rings. The highest BCUT2D eigenvalue weighted by Crippen LogP contribution is 2.29. The summed E-state index contributed by atoms with van der Waals surface area (Å²) >= 11 is 0. The Kier molecular flexibility index (Phi) is 5.55. The van der Waals surface area contributed by atoms with Crippen LogP contribution in [0.1, 0.15) is 43.0 Å². The molecule has 2 aliphatic rings. The molecule has 1 aromatic carbocycles. The van der Waals surface area contributed by atoms with E-state index >= 15 is 0 Å². The first-order valence-electron chi connectivity index (χ1n) is 9.07. The van der Waals surface area contributed by atoms with E-state index in [4.69, 9.17) is 10.5 Å². The molecule has 2 atom stereocenters. The van der Waals surface area contributed by atoms with Crippen LogP contribution in [0.15, 0.2) is 23.1 Å². The van der Waals surface area contributed by atoms with E-state index in [1.165, 1.54) is 13.2 Å². The maximum atomic E-state index is 12.9. The minimum atomic E-state index is -3.72. The number of piperidine rings is 1. The van der Waals surface area contributed by atoms with Gasteiger partial charge in [-0.15, -0.1) is 0 Å². The number of carbonyl (C=O) groups excluding carboxylic acids is 1. The standard InChI is InChI=1S/C18H27N3O4S/c1-12(19)14-4-3-9-21(11-14)18(22)13-5-8-16(25-2)17(10-13)26(23,24)20-15-6-7-15/h5,8,10,12,14-15,20H,3-4,6-7,9,11,19H2,1-2H3. The first-order valence-corrected chi connectivity index (χ1v) is 10.6. The van der Waals surface area contributed by atoms with Crippen molar-refractivity contribution in [2.24, 2.45) is 11.7 Å². The Morgan fingerprint density at radius 3 is 2.69 bits per heavy atom. The van der Waals surface area contributed by atoms with Gasteiger partial charge in [-0.25, -0.2) is 13.1 Å². The van der Waals surface area contributed by atoms with Gasteiger partial charge in [0.15, 0.2) is 0 Å². The van der Waals surface area contributed by atoms with Gasteiger partial charge in [-0.05, 0) is 56.7 Å². The Balaban J connectivity index is 1.85. The molecule has 0 aromatic heterocycles. The molecule has 8 heteroatoms. The summed E-state index contributed by atoms with van der Waals surface area (Å²) in [5.41, 5.74) is 6.35. The average Bonchev–Trinajstić information content (AvgIpc) is 3.44. The number of carbonyl (C=O) groups is 1. The van der Waals surface area contributed by atoms with Gasteiger partial charge < -0.3 is 15.4 Å². The molecule has 3 rings (SSSR count). The van der Waals surface area contributed by atoms with E-state index < -0.39 is 10.0 Å². The fraction of sp³-hybridized carbons (Fsp3) is 0.611. The van der Waals surface area contributed by atoms with Crippen LogP contribution in [0.25, 0.3) is 0 Å². The molecule has 1 saturated heterocycles. The lowest BCUT2D eigenvalue weighted by Crippen LogP contribution is -2.45. The van der Waals surface area contributed by atoms with Crippen LogP contribution in [-0.4, -0.2) is 51.5 Å². The Bertz CT molecular complexity index is 775. The highest BCUT2D eigenvalue weighted by atomic mass is 32.2. The number of hydrogen-bond acceptors (Lipinski definition) is 5. The molecule has 1 aliphatic carbocycles. The highest BCUT2D eigenvalue weighted by molar-refractivity contribution is 7.89. The molecule has 144 valence electrons. The van der Waals surface area contributed by atoms with E-state index in [1.54, 1.807) is 17.0 Å². The number of amides is 1. The van der Waals surface area contributed by atoms with E-state index in [2.05, 4.69) is 4.72 Å². The smallest absolute Gasteiger partial charge is 0.253 e. The number of nitrogens with zero attached hydrogens (tertiary/aromatic N) is 1. The zero-order valence-electron chi connectivity index (χ0n) is 15.3. The SMILES string of the molecule is COc1ccc(C(=O)N2CCCC(C(C)N)C2)cc1S(=O)(=O)NC1CC1. The van der Waals surface area contributed by atoms with Crippen LogP contribution in [0.5, 0.6) is 5.75 Å². The monoisotopic (exact) mass is 381 g/mol. The fourth-order valence-corrected chi connectivity index (χ4v) is 4.81. The van der Waals surface area contributed by atoms with Gasteiger partial charge in [-0.2, -0.15) is 0 Å². The van der Waals surface area contributed by atoms with E-state index in [-0.39, 0.29) is 34.6 Å². The number of nitrogens with two attached hydrogens (primary N) is 1. The molecular formula is C18H27N3O4S. The van der Waals surface area contributed by atoms with Gasteiger partial charge in [0.05, 0.1) is 7.11 Å². The Morgan fingerprint density at radius 2 is 2.08 bits per heavy atom. The van der Waals surface area contributed by atoms with Crippen molar-refractivity contribution in [2.45, 2.75) is 49.6 Å². The minimum absolute atomic E-state index is 0.0125. The molecule has 2 fully saturated rings. The topological polar surface area (TPSA) is 102 Å². The number of hydrogen-bond donors (Lipinski definition) is 2. The number of rotatable bonds is 6. The van der Waals surface area contributed by atoms with Crippen LogP contribution in [0.3, 0.4) is 0 Å². The van der Waals surface area contributed by atoms with E-state index in [1.807, 2.05) is 6.92 Å². The Morgan fingerprint density at radius 1 is 1.35 bits per heavy atom. The lowest BCUT2D eigenvalue weighted by atomic mass is 9.92. The van der Waals surface area contributed by atoms with E-state index in [9.17, 15) is 13.2 Å². The quantitative estimate of drug-likeness (QED) is 0.774. The van der Waals surface area contributed by atoms with Gasteiger partial charge in [0.1, 0.15) is 10.6 Å². The molecule has 26 heavy (non-hydrogen) atoms. The molecule has 1 heterocycles. The second-order valence-electron chi connectivity index (χ2n) is 7.27. The van der Waals surface area contributed by atoms with Gasteiger partial charge in [-0.1, -0.05) is 0 Å². The predicted molar refractivity (Wildman–Crippen MR) is 98.6 cm³/mol. The van der Waals surface area contributed by atoms with E-state index in [0.717, 1.165) is 25.7 Å². The second kappa shape index (κ2) is 7.54. The van der Waals surface area contributed by atoms with Crippen molar-refractivity contribution in [3.8, 4) is 5.75 Å². The summed E-state index contributed by atoms with van der Waals surface area (Å²) in [4.78, 5) is 14.7. The average molecular weight is 381 g/mol. The van der Waals surface area contributed by atoms with Crippen molar-refractivity contribution >= 4 is 15.9 Å². The van der Waals surface area contributed by atoms with Gasteiger partial charge in [0.2, 0.25) is 10.0 Å². The molecule has 7 nitrogen and oxygen atoms in total. The third-order valence-electron chi connectivity index (χ3n) is 5.09. The summed E-state index contributed by atoms with van der Waals surface area (Å²) in [6.45, 7) is 3.22. The van der Waals surface area contributed by atoms with Gasteiger partial charge in [0, 0.05) is 30.7 Å². The van der Waals surface area contributed by atoms with Crippen molar-refractivity contribution < 1.29 is 17.9 Å². The van der Waals surface area contributed by atoms with Crippen molar-refractivity contribution in [3.63, 3.8) is 0 Å². The summed E-state index contributed by atoms with van der Waals surface area (Å²) in [7, 11) is -2.30. The Hall–Kier alpha value is -1.64. The fourth-order valence-electron chi connectivity index (χ4n) is 3.31.